The highest BCUT2D eigenvalue weighted by molar-refractivity contribution is 5.44. The first kappa shape index (κ1) is 6.99. The van der Waals surface area contributed by atoms with E-state index in [1.165, 1.54) is 0 Å². The molecule has 1 aromatic rings. The fourth-order valence-electron chi connectivity index (χ4n) is 0.755. The van der Waals surface area contributed by atoms with Crippen molar-refractivity contribution in [1.82, 2.24) is 9.97 Å². The largest absolute Gasteiger partial charge is 0.383 e. The summed E-state index contributed by atoms with van der Waals surface area (Å²) in [5.74, 6) is 0. The Hall–Kier alpha value is -1.12. The molecule has 3 heteroatoms. The lowest BCUT2D eigenvalue weighted by molar-refractivity contribution is 1.08. The van der Waals surface area contributed by atoms with Gasteiger partial charge in [-0.25, -0.2) is 9.97 Å². The van der Waals surface area contributed by atoms with Gasteiger partial charge in [-0.15, -0.1) is 0 Å². The molecule has 54 valence electrons. The van der Waals surface area contributed by atoms with E-state index in [4.69, 9.17) is 0 Å². The molecular weight excluding hydrogens is 126 g/mol. The number of aryl methyl sites for hydroxylation is 1. The van der Waals surface area contributed by atoms with Gasteiger partial charge in [-0.3, -0.25) is 0 Å². The number of nitrogens with zero attached hydrogens (tertiary/aromatic N) is 2. The maximum Gasteiger partial charge on any atom is 0.115 e. The summed E-state index contributed by atoms with van der Waals surface area (Å²) in [7, 11) is 0. The molecule has 0 aromatic carbocycles. The third-order valence-corrected chi connectivity index (χ3v) is 1.28. The minimum absolute atomic E-state index is 0.911. The minimum atomic E-state index is 0.911. The summed E-state index contributed by atoms with van der Waals surface area (Å²) in [5, 5.41) is 3.15. The quantitative estimate of drug-likeness (QED) is 0.666. The third kappa shape index (κ3) is 1.43. The summed E-state index contributed by atoms with van der Waals surface area (Å²) in [6.45, 7) is 4.92. The van der Waals surface area contributed by atoms with E-state index in [0.717, 1.165) is 17.9 Å². The monoisotopic (exact) mass is 137 g/mol. The lowest BCUT2D eigenvalue weighted by Crippen LogP contribution is -2.00. The van der Waals surface area contributed by atoms with Crippen molar-refractivity contribution in [1.29, 1.82) is 0 Å². The lowest BCUT2D eigenvalue weighted by Gasteiger charge is -2.03. The molecule has 0 saturated carbocycles. The predicted octanol–water partition coefficient (Wildman–Crippen LogP) is 1.22. The van der Waals surface area contributed by atoms with Crippen LogP contribution >= 0.6 is 0 Å². The normalized spacial score (nSPS) is 9.40. The Balaban J connectivity index is 2.81. The van der Waals surface area contributed by atoms with E-state index >= 15 is 0 Å². The fourth-order valence-corrected chi connectivity index (χ4v) is 0.755. The van der Waals surface area contributed by atoms with Crippen molar-refractivity contribution in [3.8, 4) is 0 Å². The maximum absolute atomic E-state index is 4.02. The fraction of sp³-hybridized carbons (Fsp3) is 0.429. The van der Waals surface area contributed by atoms with E-state index in [0.29, 0.717) is 0 Å². The van der Waals surface area contributed by atoms with E-state index in [2.05, 4.69) is 15.3 Å². The molecule has 0 fully saturated rings. The number of hydrogen-bond donors (Lipinski definition) is 1. The molecule has 0 saturated heterocycles. The van der Waals surface area contributed by atoms with E-state index in [-0.39, 0.29) is 0 Å². The summed E-state index contributed by atoms with van der Waals surface area (Å²) in [5.41, 5.74) is 2.02. The van der Waals surface area contributed by atoms with Crippen molar-refractivity contribution in [3.05, 3.63) is 18.2 Å². The van der Waals surface area contributed by atoms with Gasteiger partial charge in [-0.1, -0.05) is 0 Å². The van der Waals surface area contributed by atoms with Crippen LogP contribution in [-0.2, 0) is 0 Å². The molecule has 1 N–H and O–H groups in total. The minimum Gasteiger partial charge on any atom is -0.383 e. The number of nitrogens with one attached hydrogen (secondary N) is 1. The first-order valence-electron chi connectivity index (χ1n) is 3.35. The highest BCUT2D eigenvalue weighted by Gasteiger charge is 1.93. The lowest BCUT2D eigenvalue weighted by atomic mass is 10.4. The van der Waals surface area contributed by atoms with Crippen molar-refractivity contribution < 1.29 is 0 Å². The topological polar surface area (TPSA) is 37.8 Å². The Morgan fingerprint density at radius 1 is 1.60 bits per heavy atom. The molecule has 0 radical (unpaired) electrons. The number of aromatic nitrogens is 2. The van der Waals surface area contributed by atoms with E-state index in [1.807, 2.05) is 13.8 Å². The number of hydrogen-bond acceptors (Lipinski definition) is 3. The second-order valence-corrected chi connectivity index (χ2v) is 2.05. The molecule has 0 aliphatic heterocycles. The molecule has 0 aliphatic rings. The first-order valence-corrected chi connectivity index (χ1v) is 3.35. The van der Waals surface area contributed by atoms with Crippen LogP contribution in [0.3, 0.4) is 0 Å². The molecule has 0 atom stereocenters. The summed E-state index contributed by atoms with van der Waals surface area (Å²) in [6, 6.07) is 0. The van der Waals surface area contributed by atoms with Gasteiger partial charge in [-0.05, 0) is 13.8 Å². The SMILES string of the molecule is CCNc1cncnc1C. The van der Waals surface area contributed by atoms with Crippen LogP contribution in [0.2, 0.25) is 0 Å². The van der Waals surface area contributed by atoms with Gasteiger partial charge < -0.3 is 5.32 Å². The molecule has 0 spiro atoms. The average Bonchev–Trinajstić information content (AvgIpc) is 1.94. The van der Waals surface area contributed by atoms with Crippen LogP contribution in [0.5, 0.6) is 0 Å². The highest BCUT2D eigenvalue weighted by atomic mass is 14.9. The Morgan fingerprint density at radius 3 is 3.00 bits per heavy atom. The summed E-state index contributed by atoms with van der Waals surface area (Å²) in [4.78, 5) is 7.91. The van der Waals surface area contributed by atoms with Crippen molar-refractivity contribution in [2.45, 2.75) is 13.8 Å². The highest BCUT2D eigenvalue weighted by Crippen LogP contribution is 2.06. The molecule has 0 bridgehead atoms. The third-order valence-electron chi connectivity index (χ3n) is 1.28. The van der Waals surface area contributed by atoms with Crippen LogP contribution in [0.25, 0.3) is 0 Å². The van der Waals surface area contributed by atoms with Gasteiger partial charge in [-0.2, -0.15) is 0 Å². The Morgan fingerprint density at radius 2 is 2.40 bits per heavy atom. The van der Waals surface area contributed by atoms with Crippen LogP contribution in [0, 0.1) is 6.92 Å². The van der Waals surface area contributed by atoms with E-state index in [1.54, 1.807) is 12.5 Å². The van der Waals surface area contributed by atoms with Gasteiger partial charge in [0.1, 0.15) is 6.33 Å². The second-order valence-electron chi connectivity index (χ2n) is 2.05. The molecular formula is C7H11N3. The average molecular weight is 137 g/mol. The zero-order valence-corrected chi connectivity index (χ0v) is 6.26. The van der Waals surface area contributed by atoms with Gasteiger partial charge in [0.25, 0.3) is 0 Å². The van der Waals surface area contributed by atoms with E-state index < -0.39 is 0 Å². The zero-order valence-electron chi connectivity index (χ0n) is 6.26. The first-order chi connectivity index (χ1) is 4.84. The molecule has 0 unspecified atom stereocenters. The molecule has 1 rings (SSSR count). The van der Waals surface area contributed by atoms with Gasteiger partial charge in [0.05, 0.1) is 17.6 Å². The predicted molar refractivity (Wildman–Crippen MR) is 40.9 cm³/mol. The summed E-state index contributed by atoms with van der Waals surface area (Å²) in [6.07, 6.45) is 3.34. The van der Waals surface area contributed by atoms with Crippen LogP contribution in [0.4, 0.5) is 5.69 Å². The van der Waals surface area contributed by atoms with Gasteiger partial charge in [0.15, 0.2) is 0 Å². The maximum atomic E-state index is 4.02. The summed E-state index contributed by atoms with van der Waals surface area (Å²) < 4.78 is 0. The van der Waals surface area contributed by atoms with Crippen LogP contribution < -0.4 is 5.32 Å². The standard InChI is InChI=1S/C7H11N3/c1-3-9-7-4-8-5-10-6(7)2/h4-5,9H,3H2,1-2H3. The second kappa shape index (κ2) is 3.15. The van der Waals surface area contributed by atoms with Crippen molar-refractivity contribution >= 4 is 5.69 Å². The van der Waals surface area contributed by atoms with Gasteiger partial charge >= 0.3 is 0 Å². The van der Waals surface area contributed by atoms with Crippen LogP contribution in [-0.4, -0.2) is 16.5 Å². The number of rotatable bonds is 2. The van der Waals surface area contributed by atoms with Crippen LogP contribution in [0.15, 0.2) is 12.5 Å². The number of anilines is 1. The Bertz CT molecular complexity index is 210. The van der Waals surface area contributed by atoms with Crippen molar-refractivity contribution in [3.63, 3.8) is 0 Å². The molecule has 0 amide bonds. The van der Waals surface area contributed by atoms with Crippen molar-refractivity contribution in [2.24, 2.45) is 0 Å². The molecule has 1 aromatic heterocycles. The Kier molecular flexibility index (Phi) is 2.20. The molecule has 3 nitrogen and oxygen atoms in total. The molecule has 1 heterocycles. The van der Waals surface area contributed by atoms with Gasteiger partial charge in [0.2, 0.25) is 0 Å². The van der Waals surface area contributed by atoms with Gasteiger partial charge in [0, 0.05) is 6.54 Å². The van der Waals surface area contributed by atoms with E-state index in [9.17, 15) is 0 Å². The Labute approximate surface area is 60.5 Å². The smallest absolute Gasteiger partial charge is 0.115 e. The zero-order chi connectivity index (χ0) is 7.40. The van der Waals surface area contributed by atoms with Crippen molar-refractivity contribution in [2.75, 3.05) is 11.9 Å². The van der Waals surface area contributed by atoms with Crippen LogP contribution in [0.1, 0.15) is 12.6 Å². The molecule has 0 aliphatic carbocycles. The summed E-state index contributed by atoms with van der Waals surface area (Å²) >= 11 is 0. The molecule has 10 heavy (non-hydrogen) atoms.